The molecule has 7 heteroatoms. The number of hydrogen-bond acceptors (Lipinski definition) is 4. The Morgan fingerprint density at radius 2 is 2.07 bits per heavy atom. The van der Waals surface area contributed by atoms with Crippen LogP contribution in [0.15, 0.2) is 67.1 Å². The van der Waals surface area contributed by atoms with Gasteiger partial charge in [0.15, 0.2) is 0 Å². The summed E-state index contributed by atoms with van der Waals surface area (Å²) >= 11 is 6.30. The maximum Gasteiger partial charge on any atom is 0.230 e. The fraction of sp³-hybridized carbons (Fsp3) is 0.136. The van der Waals surface area contributed by atoms with Gasteiger partial charge in [-0.3, -0.25) is 9.78 Å². The fourth-order valence-corrected chi connectivity index (χ4v) is 3.23. The Kier molecular flexibility index (Phi) is 5.44. The molecule has 0 saturated heterocycles. The average Bonchev–Trinajstić information content (AvgIpc) is 3.12. The molecule has 0 bridgehead atoms. The van der Waals surface area contributed by atoms with Crippen LogP contribution >= 0.6 is 11.6 Å². The molecule has 0 radical (unpaired) electrons. The van der Waals surface area contributed by atoms with Crippen molar-refractivity contribution in [2.75, 3.05) is 5.32 Å². The number of nitrogens with one attached hydrogen (secondary N) is 1. The number of amides is 1. The number of pyridine rings is 2. The van der Waals surface area contributed by atoms with E-state index >= 15 is 0 Å². The molecule has 1 amide bonds. The molecule has 0 spiro atoms. The molecule has 1 N–H and O–H groups in total. The third-order valence-corrected chi connectivity index (χ3v) is 4.68. The normalized spacial score (nSPS) is 10.8. The largest absolute Gasteiger partial charge is 0.486 e. The Hall–Kier alpha value is -3.38. The molecule has 3 aromatic heterocycles. The quantitative estimate of drug-likeness (QED) is 0.513. The van der Waals surface area contributed by atoms with Gasteiger partial charge in [0.05, 0.1) is 22.8 Å². The molecule has 6 nitrogen and oxygen atoms in total. The van der Waals surface area contributed by atoms with Crippen molar-refractivity contribution in [3.05, 3.63) is 89.1 Å². The van der Waals surface area contributed by atoms with E-state index in [2.05, 4.69) is 15.3 Å². The molecule has 0 fully saturated rings. The second-order valence-electron chi connectivity index (χ2n) is 6.63. The van der Waals surface area contributed by atoms with E-state index in [1.807, 2.05) is 54.0 Å². The van der Waals surface area contributed by atoms with E-state index in [0.29, 0.717) is 28.8 Å². The van der Waals surface area contributed by atoms with Crippen molar-refractivity contribution in [1.29, 1.82) is 0 Å². The Morgan fingerprint density at radius 3 is 2.83 bits per heavy atom. The first-order valence-electron chi connectivity index (χ1n) is 9.14. The third kappa shape index (κ3) is 4.55. The second-order valence-corrected chi connectivity index (χ2v) is 7.04. The van der Waals surface area contributed by atoms with Crippen LogP contribution in [0.3, 0.4) is 0 Å². The van der Waals surface area contributed by atoms with Crippen molar-refractivity contribution < 1.29 is 9.53 Å². The van der Waals surface area contributed by atoms with Gasteiger partial charge in [0.1, 0.15) is 18.0 Å². The SMILES string of the molecule is Cc1cccn2cc(CC(=O)Nc3ccc(OCc4ccccn4)c(Cl)c3)nc12. The first kappa shape index (κ1) is 19.0. The van der Waals surface area contributed by atoms with E-state index in [4.69, 9.17) is 16.3 Å². The highest BCUT2D eigenvalue weighted by Gasteiger charge is 2.11. The van der Waals surface area contributed by atoms with Crippen molar-refractivity contribution in [3.8, 4) is 5.75 Å². The molecule has 4 rings (SSSR count). The number of rotatable bonds is 6. The van der Waals surface area contributed by atoms with Gasteiger partial charge in [-0.15, -0.1) is 0 Å². The second kappa shape index (κ2) is 8.32. The van der Waals surface area contributed by atoms with Crippen LogP contribution in [0.2, 0.25) is 5.02 Å². The number of fused-ring (bicyclic) bond motifs is 1. The minimum atomic E-state index is -0.163. The number of benzene rings is 1. The monoisotopic (exact) mass is 406 g/mol. The summed E-state index contributed by atoms with van der Waals surface area (Å²) in [6, 6.07) is 14.7. The Balaban J connectivity index is 1.38. The minimum Gasteiger partial charge on any atom is -0.486 e. The molecule has 3 heterocycles. The van der Waals surface area contributed by atoms with Gasteiger partial charge in [0.25, 0.3) is 0 Å². The van der Waals surface area contributed by atoms with Crippen molar-refractivity contribution in [3.63, 3.8) is 0 Å². The number of ether oxygens (including phenoxy) is 1. The zero-order valence-electron chi connectivity index (χ0n) is 15.8. The van der Waals surface area contributed by atoms with Crippen molar-refractivity contribution in [2.45, 2.75) is 20.0 Å². The third-order valence-electron chi connectivity index (χ3n) is 4.39. The number of aromatic nitrogens is 3. The van der Waals surface area contributed by atoms with Gasteiger partial charge in [-0.2, -0.15) is 0 Å². The van der Waals surface area contributed by atoms with E-state index in [1.54, 1.807) is 24.4 Å². The Bertz CT molecular complexity index is 1160. The van der Waals surface area contributed by atoms with Crippen LogP contribution in [0, 0.1) is 6.92 Å². The van der Waals surface area contributed by atoms with Gasteiger partial charge in [0, 0.05) is 24.3 Å². The fourth-order valence-electron chi connectivity index (χ4n) is 2.99. The molecule has 0 atom stereocenters. The lowest BCUT2D eigenvalue weighted by atomic mass is 10.2. The Labute approximate surface area is 173 Å². The molecule has 0 unspecified atom stereocenters. The van der Waals surface area contributed by atoms with Gasteiger partial charge in [0.2, 0.25) is 5.91 Å². The van der Waals surface area contributed by atoms with Gasteiger partial charge >= 0.3 is 0 Å². The smallest absolute Gasteiger partial charge is 0.230 e. The highest BCUT2D eigenvalue weighted by atomic mass is 35.5. The van der Waals surface area contributed by atoms with E-state index in [-0.39, 0.29) is 12.3 Å². The zero-order valence-corrected chi connectivity index (χ0v) is 16.6. The summed E-state index contributed by atoms with van der Waals surface area (Å²) in [7, 11) is 0. The van der Waals surface area contributed by atoms with Crippen LogP contribution in [-0.4, -0.2) is 20.3 Å². The summed E-state index contributed by atoms with van der Waals surface area (Å²) in [6.45, 7) is 2.31. The first-order valence-corrected chi connectivity index (χ1v) is 9.51. The topological polar surface area (TPSA) is 68.5 Å². The number of anilines is 1. The maximum absolute atomic E-state index is 12.4. The lowest BCUT2D eigenvalue weighted by Gasteiger charge is -2.10. The number of hydrogen-bond donors (Lipinski definition) is 1. The van der Waals surface area contributed by atoms with Gasteiger partial charge in [-0.25, -0.2) is 4.98 Å². The summed E-state index contributed by atoms with van der Waals surface area (Å²) in [4.78, 5) is 21.1. The average molecular weight is 407 g/mol. The lowest BCUT2D eigenvalue weighted by Crippen LogP contribution is -2.14. The van der Waals surface area contributed by atoms with E-state index in [1.165, 1.54) is 0 Å². The molecule has 1 aromatic carbocycles. The van der Waals surface area contributed by atoms with Crippen molar-refractivity contribution >= 4 is 28.8 Å². The highest BCUT2D eigenvalue weighted by molar-refractivity contribution is 6.32. The summed E-state index contributed by atoms with van der Waals surface area (Å²) < 4.78 is 7.62. The Morgan fingerprint density at radius 1 is 1.17 bits per heavy atom. The molecule has 0 saturated carbocycles. The molecular formula is C22H19ClN4O2. The molecular weight excluding hydrogens is 388 g/mol. The van der Waals surface area contributed by atoms with Crippen LogP contribution in [0.25, 0.3) is 5.65 Å². The lowest BCUT2D eigenvalue weighted by molar-refractivity contribution is -0.115. The number of halogens is 1. The number of carbonyl (C=O) groups is 1. The first-order chi connectivity index (χ1) is 14.1. The molecule has 4 aromatic rings. The van der Waals surface area contributed by atoms with Gasteiger partial charge < -0.3 is 14.5 Å². The van der Waals surface area contributed by atoms with Crippen LogP contribution in [0.4, 0.5) is 5.69 Å². The number of nitrogens with zero attached hydrogens (tertiary/aromatic N) is 3. The van der Waals surface area contributed by atoms with Crippen LogP contribution in [-0.2, 0) is 17.8 Å². The highest BCUT2D eigenvalue weighted by Crippen LogP contribution is 2.28. The predicted octanol–water partition coefficient (Wildman–Crippen LogP) is 4.45. The molecule has 29 heavy (non-hydrogen) atoms. The summed E-state index contributed by atoms with van der Waals surface area (Å²) in [5, 5.41) is 3.27. The number of imidazole rings is 1. The minimum absolute atomic E-state index is 0.163. The van der Waals surface area contributed by atoms with Crippen LogP contribution < -0.4 is 10.1 Å². The van der Waals surface area contributed by atoms with E-state index in [9.17, 15) is 4.79 Å². The van der Waals surface area contributed by atoms with E-state index in [0.717, 1.165) is 16.9 Å². The molecule has 0 aliphatic rings. The van der Waals surface area contributed by atoms with Gasteiger partial charge in [-0.1, -0.05) is 23.7 Å². The standard InChI is InChI=1S/C22H19ClN4O2/c1-15-5-4-10-27-13-18(26-22(15)27)12-21(28)25-16-7-8-20(19(23)11-16)29-14-17-6-2-3-9-24-17/h2-11,13H,12,14H2,1H3,(H,25,28). The van der Waals surface area contributed by atoms with Crippen molar-refractivity contribution in [1.82, 2.24) is 14.4 Å². The molecule has 0 aliphatic heterocycles. The van der Waals surface area contributed by atoms with E-state index < -0.39 is 0 Å². The zero-order chi connectivity index (χ0) is 20.2. The summed E-state index contributed by atoms with van der Waals surface area (Å²) in [5.74, 6) is 0.371. The maximum atomic E-state index is 12.4. The number of aryl methyl sites for hydroxylation is 1. The van der Waals surface area contributed by atoms with Crippen LogP contribution in [0.5, 0.6) is 5.75 Å². The number of carbonyl (C=O) groups excluding carboxylic acids is 1. The van der Waals surface area contributed by atoms with Crippen molar-refractivity contribution in [2.24, 2.45) is 0 Å². The molecule has 146 valence electrons. The molecule has 0 aliphatic carbocycles. The predicted molar refractivity (Wildman–Crippen MR) is 112 cm³/mol. The summed E-state index contributed by atoms with van der Waals surface area (Å²) in [5.41, 5.74) is 4.03. The van der Waals surface area contributed by atoms with Gasteiger partial charge in [-0.05, 0) is 48.9 Å². The van der Waals surface area contributed by atoms with Crippen LogP contribution in [0.1, 0.15) is 17.0 Å². The summed E-state index contributed by atoms with van der Waals surface area (Å²) in [6.07, 6.45) is 5.67.